The minimum absolute atomic E-state index is 0.00806. The van der Waals surface area contributed by atoms with Gasteiger partial charge in [-0.2, -0.15) is 5.10 Å². The molecule has 0 fully saturated rings. The third kappa shape index (κ3) is 2.90. The van der Waals surface area contributed by atoms with Gasteiger partial charge in [0.25, 0.3) is 0 Å². The molecular weight excluding hydrogens is 330 g/mol. The average molecular weight is 349 g/mol. The van der Waals surface area contributed by atoms with Crippen molar-refractivity contribution >= 4 is 0 Å². The molecular formula is C18H19N7O. The van der Waals surface area contributed by atoms with E-state index in [0.29, 0.717) is 11.6 Å². The van der Waals surface area contributed by atoms with Crippen LogP contribution in [-0.2, 0) is 6.54 Å². The summed E-state index contributed by atoms with van der Waals surface area (Å²) in [5.74, 6) is 2.88. The summed E-state index contributed by atoms with van der Waals surface area (Å²) in [4.78, 5) is 17.7. The lowest BCUT2D eigenvalue weighted by Gasteiger charge is -2.16. The molecule has 0 aliphatic carbocycles. The highest BCUT2D eigenvalue weighted by molar-refractivity contribution is 5.56. The largest absolute Gasteiger partial charge is 0.461 e. The molecule has 0 saturated carbocycles. The maximum atomic E-state index is 5.33. The highest BCUT2D eigenvalue weighted by atomic mass is 16.3. The molecule has 0 saturated heterocycles. The van der Waals surface area contributed by atoms with Crippen LogP contribution in [0.15, 0.2) is 53.9 Å². The lowest BCUT2D eigenvalue weighted by atomic mass is 10.2. The molecule has 132 valence electrons. The van der Waals surface area contributed by atoms with Crippen molar-refractivity contribution in [3.8, 4) is 23.0 Å². The molecule has 8 nitrogen and oxygen atoms in total. The van der Waals surface area contributed by atoms with Crippen LogP contribution >= 0.6 is 0 Å². The number of aromatic nitrogens is 7. The highest BCUT2D eigenvalue weighted by Gasteiger charge is 2.19. The van der Waals surface area contributed by atoms with E-state index in [0.717, 1.165) is 30.2 Å². The van der Waals surface area contributed by atoms with Crippen LogP contribution in [0.3, 0.4) is 0 Å². The SMILES string of the molecule is CCCn1ncnc1[C@@H](C)n1ccnc1-c1cnc(-c2ccco2)nc1. The molecule has 26 heavy (non-hydrogen) atoms. The van der Waals surface area contributed by atoms with Gasteiger partial charge in [-0.1, -0.05) is 6.92 Å². The maximum Gasteiger partial charge on any atom is 0.195 e. The summed E-state index contributed by atoms with van der Waals surface area (Å²) < 4.78 is 9.33. The number of imidazole rings is 1. The Hall–Kier alpha value is -3.29. The Morgan fingerprint density at radius 3 is 2.73 bits per heavy atom. The zero-order valence-corrected chi connectivity index (χ0v) is 14.6. The van der Waals surface area contributed by atoms with Gasteiger partial charge in [0.2, 0.25) is 0 Å². The zero-order chi connectivity index (χ0) is 17.9. The van der Waals surface area contributed by atoms with Gasteiger partial charge in [0.05, 0.1) is 17.9 Å². The summed E-state index contributed by atoms with van der Waals surface area (Å²) in [6, 6.07) is 3.64. The highest BCUT2D eigenvalue weighted by Crippen LogP contribution is 2.25. The van der Waals surface area contributed by atoms with Gasteiger partial charge >= 0.3 is 0 Å². The first-order valence-corrected chi connectivity index (χ1v) is 8.54. The monoisotopic (exact) mass is 349 g/mol. The Kier molecular flexibility index (Phi) is 4.30. The van der Waals surface area contributed by atoms with E-state index in [2.05, 4.69) is 43.4 Å². The zero-order valence-electron chi connectivity index (χ0n) is 14.6. The minimum atomic E-state index is -0.00806. The molecule has 4 heterocycles. The lowest BCUT2D eigenvalue weighted by molar-refractivity contribution is 0.508. The fourth-order valence-corrected chi connectivity index (χ4v) is 2.93. The van der Waals surface area contributed by atoms with E-state index in [1.807, 2.05) is 23.0 Å². The third-order valence-corrected chi connectivity index (χ3v) is 4.19. The number of hydrogen-bond donors (Lipinski definition) is 0. The van der Waals surface area contributed by atoms with E-state index < -0.39 is 0 Å². The number of aryl methyl sites for hydroxylation is 1. The minimum Gasteiger partial charge on any atom is -0.461 e. The molecule has 0 bridgehead atoms. The predicted octanol–water partition coefficient (Wildman–Crippen LogP) is 3.21. The first-order chi connectivity index (χ1) is 12.8. The van der Waals surface area contributed by atoms with Crippen LogP contribution in [0.5, 0.6) is 0 Å². The van der Waals surface area contributed by atoms with Crippen LogP contribution in [0.1, 0.15) is 32.1 Å². The van der Waals surface area contributed by atoms with Crippen molar-refractivity contribution in [3.05, 3.63) is 55.3 Å². The van der Waals surface area contributed by atoms with E-state index in [4.69, 9.17) is 4.42 Å². The second-order valence-corrected chi connectivity index (χ2v) is 5.95. The van der Waals surface area contributed by atoms with Crippen molar-refractivity contribution in [2.45, 2.75) is 32.9 Å². The Bertz CT molecular complexity index is 969. The number of rotatable bonds is 6. The van der Waals surface area contributed by atoms with Gasteiger partial charge in [0.1, 0.15) is 18.0 Å². The van der Waals surface area contributed by atoms with Crippen LogP contribution in [0.2, 0.25) is 0 Å². The Balaban J connectivity index is 1.65. The van der Waals surface area contributed by atoms with Gasteiger partial charge in [0, 0.05) is 31.3 Å². The fourth-order valence-electron chi connectivity index (χ4n) is 2.93. The molecule has 0 aromatic carbocycles. The van der Waals surface area contributed by atoms with Crippen molar-refractivity contribution in [2.24, 2.45) is 0 Å². The Morgan fingerprint density at radius 1 is 1.15 bits per heavy atom. The van der Waals surface area contributed by atoms with E-state index in [1.165, 1.54) is 0 Å². The molecule has 4 aromatic rings. The molecule has 8 heteroatoms. The van der Waals surface area contributed by atoms with E-state index in [1.54, 1.807) is 31.2 Å². The predicted molar refractivity (Wildman–Crippen MR) is 95.1 cm³/mol. The Morgan fingerprint density at radius 2 is 2.00 bits per heavy atom. The fraction of sp³-hybridized carbons (Fsp3) is 0.278. The molecule has 0 spiro atoms. The summed E-state index contributed by atoms with van der Waals surface area (Å²) in [7, 11) is 0. The number of nitrogens with zero attached hydrogens (tertiary/aromatic N) is 7. The van der Waals surface area contributed by atoms with Crippen molar-refractivity contribution in [3.63, 3.8) is 0 Å². The molecule has 1 atom stereocenters. The maximum absolute atomic E-state index is 5.33. The van der Waals surface area contributed by atoms with E-state index >= 15 is 0 Å². The smallest absolute Gasteiger partial charge is 0.195 e. The normalized spacial score (nSPS) is 12.4. The second kappa shape index (κ2) is 6.91. The summed E-state index contributed by atoms with van der Waals surface area (Å²) in [6.45, 7) is 5.04. The molecule has 0 aliphatic rings. The molecule has 0 amide bonds. The molecule has 4 aromatic heterocycles. The van der Waals surface area contributed by atoms with Crippen LogP contribution < -0.4 is 0 Å². The average Bonchev–Trinajstić information content (AvgIpc) is 3.42. The summed E-state index contributed by atoms with van der Waals surface area (Å²) in [5.41, 5.74) is 0.832. The quantitative estimate of drug-likeness (QED) is 0.531. The molecule has 0 aliphatic heterocycles. The van der Waals surface area contributed by atoms with Gasteiger partial charge in [-0.15, -0.1) is 0 Å². The van der Waals surface area contributed by atoms with Crippen LogP contribution in [-0.4, -0.2) is 34.3 Å². The van der Waals surface area contributed by atoms with Crippen molar-refractivity contribution in [1.82, 2.24) is 34.3 Å². The molecule has 0 unspecified atom stereocenters. The lowest BCUT2D eigenvalue weighted by Crippen LogP contribution is -2.15. The second-order valence-electron chi connectivity index (χ2n) is 5.95. The van der Waals surface area contributed by atoms with E-state index in [9.17, 15) is 0 Å². The molecule has 0 radical (unpaired) electrons. The Labute approximate surface area is 150 Å². The van der Waals surface area contributed by atoms with Crippen LogP contribution in [0.25, 0.3) is 23.0 Å². The van der Waals surface area contributed by atoms with Crippen molar-refractivity contribution < 1.29 is 4.42 Å². The number of furan rings is 1. The van der Waals surface area contributed by atoms with E-state index in [-0.39, 0.29) is 6.04 Å². The summed E-state index contributed by atoms with van der Waals surface area (Å²) in [6.07, 6.45) is 11.4. The summed E-state index contributed by atoms with van der Waals surface area (Å²) >= 11 is 0. The van der Waals surface area contributed by atoms with Gasteiger partial charge < -0.3 is 8.98 Å². The van der Waals surface area contributed by atoms with Gasteiger partial charge in [-0.3, -0.25) is 0 Å². The van der Waals surface area contributed by atoms with Gasteiger partial charge in [-0.25, -0.2) is 24.6 Å². The first-order valence-electron chi connectivity index (χ1n) is 8.54. The van der Waals surface area contributed by atoms with Gasteiger partial charge in [0.15, 0.2) is 11.6 Å². The summed E-state index contributed by atoms with van der Waals surface area (Å²) in [5, 5.41) is 4.32. The standard InChI is InChI=1S/C18H19N7O/c1-3-7-25-17(22-12-23-25)13(2)24-8-6-19-18(24)14-10-20-16(21-11-14)15-5-4-9-26-15/h4-6,8-13H,3,7H2,1-2H3/t13-/m1/s1. The van der Waals surface area contributed by atoms with Gasteiger partial charge in [-0.05, 0) is 25.5 Å². The van der Waals surface area contributed by atoms with Crippen molar-refractivity contribution in [1.29, 1.82) is 0 Å². The number of hydrogen-bond acceptors (Lipinski definition) is 6. The van der Waals surface area contributed by atoms with Crippen LogP contribution in [0.4, 0.5) is 0 Å². The van der Waals surface area contributed by atoms with Crippen LogP contribution in [0, 0.1) is 0 Å². The molecule has 0 N–H and O–H groups in total. The molecule has 4 rings (SSSR count). The third-order valence-electron chi connectivity index (χ3n) is 4.19. The topological polar surface area (TPSA) is 87.5 Å². The first kappa shape index (κ1) is 16.2. The van der Waals surface area contributed by atoms with Crippen molar-refractivity contribution in [2.75, 3.05) is 0 Å².